The van der Waals surface area contributed by atoms with Gasteiger partial charge in [-0.2, -0.15) is 0 Å². The standard InChI is InChI=1S/C21H28N2O3S2/c1-12-8-16(28(22,25)26)11-17(13(12)2)23-20(24)19-10-14-9-15(21(3,4)5)6-7-18(14)27-19/h8,10-11,15H,6-7,9H2,1-5H3,(H,23,24)(H2,22,25,26)/t15-/m1/s1. The van der Waals surface area contributed by atoms with Crippen molar-refractivity contribution < 1.29 is 13.2 Å². The molecular formula is C21H28N2O3S2. The highest BCUT2D eigenvalue weighted by Gasteiger charge is 2.30. The molecule has 7 heteroatoms. The van der Waals surface area contributed by atoms with Gasteiger partial charge >= 0.3 is 0 Å². The van der Waals surface area contributed by atoms with Crippen molar-refractivity contribution in [3.05, 3.63) is 44.6 Å². The van der Waals surface area contributed by atoms with Gasteiger partial charge in [0.25, 0.3) is 5.91 Å². The second kappa shape index (κ2) is 7.28. The molecule has 1 aliphatic rings. The van der Waals surface area contributed by atoms with E-state index in [1.165, 1.54) is 22.6 Å². The number of benzene rings is 1. The third-order valence-electron chi connectivity index (χ3n) is 5.75. The van der Waals surface area contributed by atoms with Gasteiger partial charge < -0.3 is 5.32 Å². The lowest BCUT2D eigenvalue weighted by Gasteiger charge is -2.33. The molecule has 3 N–H and O–H groups in total. The first-order valence-electron chi connectivity index (χ1n) is 9.43. The molecule has 1 aromatic heterocycles. The summed E-state index contributed by atoms with van der Waals surface area (Å²) in [6.07, 6.45) is 3.16. The fourth-order valence-electron chi connectivity index (χ4n) is 3.68. The predicted octanol–water partition coefficient (Wildman–Crippen LogP) is 4.42. The molecule has 0 bridgehead atoms. The van der Waals surface area contributed by atoms with Gasteiger partial charge in [0.1, 0.15) is 0 Å². The van der Waals surface area contributed by atoms with E-state index >= 15 is 0 Å². The van der Waals surface area contributed by atoms with Gasteiger partial charge in [-0.1, -0.05) is 20.8 Å². The molecule has 2 aromatic rings. The van der Waals surface area contributed by atoms with E-state index in [4.69, 9.17) is 5.14 Å². The summed E-state index contributed by atoms with van der Waals surface area (Å²) in [6, 6.07) is 4.95. The first-order valence-corrected chi connectivity index (χ1v) is 11.8. The molecule has 3 rings (SSSR count). The molecule has 0 unspecified atom stereocenters. The maximum atomic E-state index is 12.9. The smallest absolute Gasteiger partial charge is 0.265 e. The van der Waals surface area contributed by atoms with Crippen LogP contribution in [0.25, 0.3) is 0 Å². The van der Waals surface area contributed by atoms with Crippen molar-refractivity contribution in [1.82, 2.24) is 0 Å². The zero-order chi connectivity index (χ0) is 20.9. The van der Waals surface area contributed by atoms with E-state index in [1.54, 1.807) is 18.3 Å². The number of fused-ring (bicyclic) bond motifs is 1. The van der Waals surface area contributed by atoms with Gasteiger partial charge in [0, 0.05) is 10.6 Å². The van der Waals surface area contributed by atoms with E-state index in [0.29, 0.717) is 16.5 Å². The number of amides is 1. The van der Waals surface area contributed by atoms with Crippen LogP contribution in [-0.2, 0) is 22.9 Å². The number of nitrogens with one attached hydrogen (secondary N) is 1. The Morgan fingerprint density at radius 2 is 1.89 bits per heavy atom. The molecular weight excluding hydrogens is 392 g/mol. The van der Waals surface area contributed by atoms with Crippen LogP contribution in [0.15, 0.2) is 23.1 Å². The van der Waals surface area contributed by atoms with Gasteiger partial charge in [0.05, 0.1) is 9.77 Å². The summed E-state index contributed by atoms with van der Waals surface area (Å²) in [5, 5.41) is 8.14. The maximum absolute atomic E-state index is 12.9. The van der Waals surface area contributed by atoms with E-state index in [0.717, 1.165) is 30.4 Å². The number of hydrogen-bond donors (Lipinski definition) is 2. The Kier molecular flexibility index (Phi) is 5.47. The molecule has 152 valence electrons. The third-order valence-corrected chi connectivity index (χ3v) is 7.88. The van der Waals surface area contributed by atoms with Crippen LogP contribution in [0.3, 0.4) is 0 Å². The van der Waals surface area contributed by atoms with E-state index < -0.39 is 10.0 Å². The Morgan fingerprint density at radius 3 is 2.50 bits per heavy atom. The van der Waals surface area contributed by atoms with Crippen LogP contribution < -0.4 is 10.5 Å². The van der Waals surface area contributed by atoms with Crippen molar-refractivity contribution in [2.75, 3.05) is 5.32 Å². The molecule has 0 fully saturated rings. The Labute approximate surface area is 171 Å². The molecule has 0 saturated carbocycles. The molecule has 0 spiro atoms. The Morgan fingerprint density at radius 1 is 1.21 bits per heavy atom. The van der Waals surface area contributed by atoms with Crippen molar-refractivity contribution in [2.45, 2.75) is 58.8 Å². The molecule has 1 atom stereocenters. The average Bonchev–Trinajstić information content (AvgIpc) is 3.00. The average molecular weight is 421 g/mol. The fraction of sp³-hybridized carbons (Fsp3) is 0.476. The van der Waals surface area contributed by atoms with Crippen LogP contribution in [0, 0.1) is 25.2 Å². The summed E-state index contributed by atoms with van der Waals surface area (Å²) in [6.45, 7) is 10.5. The number of rotatable bonds is 3. The van der Waals surface area contributed by atoms with Gasteiger partial charge in [-0.15, -0.1) is 11.3 Å². The number of carbonyl (C=O) groups is 1. The van der Waals surface area contributed by atoms with Crippen LogP contribution in [0.2, 0.25) is 0 Å². The minimum Gasteiger partial charge on any atom is -0.321 e. The summed E-state index contributed by atoms with van der Waals surface area (Å²) in [7, 11) is -3.84. The fourth-order valence-corrected chi connectivity index (χ4v) is 5.41. The molecule has 0 aliphatic heterocycles. The Hall–Kier alpha value is -1.70. The van der Waals surface area contributed by atoms with Crippen LogP contribution in [0.5, 0.6) is 0 Å². The van der Waals surface area contributed by atoms with Gasteiger partial charge in [-0.05, 0) is 79.3 Å². The van der Waals surface area contributed by atoms with Crippen molar-refractivity contribution >= 4 is 33.0 Å². The molecule has 0 saturated heterocycles. The number of thiophene rings is 1. The number of primary sulfonamides is 1. The molecule has 1 heterocycles. The third kappa shape index (κ3) is 4.31. The highest BCUT2D eigenvalue weighted by atomic mass is 32.2. The lowest BCUT2D eigenvalue weighted by atomic mass is 9.72. The normalized spacial score (nSPS) is 17.3. The minimum absolute atomic E-state index is 0.00407. The molecule has 1 aromatic carbocycles. The largest absolute Gasteiger partial charge is 0.321 e. The van der Waals surface area contributed by atoms with Crippen LogP contribution >= 0.6 is 11.3 Å². The number of sulfonamides is 1. The molecule has 5 nitrogen and oxygen atoms in total. The second-order valence-corrected chi connectivity index (χ2v) is 11.5. The Bertz CT molecular complexity index is 1030. The number of anilines is 1. The number of carbonyl (C=O) groups excluding carboxylic acids is 1. The quantitative estimate of drug-likeness (QED) is 0.770. The van der Waals surface area contributed by atoms with Crippen molar-refractivity contribution in [2.24, 2.45) is 16.5 Å². The summed E-state index contributed by atoms with van der Waals surface area (Å²) in [5.41, 5.74) is 3.60. The monoisotopic (exact) mass is 420 g/mol. The summed E-state index contributed by atoms with van der Waals surface area (Å²) in [4.78, 5) is 14.8. The summed E-state index contributed by atoms with van der Waals surface area (Å²) in [5.74, 6) is 0.405. The van der Waals surface area contributed by atoms with Crippen LogP contribution in [0.4, 0.5) is 5.69 Å². The summed E-state index contributed by atoms with van der Waals surface area (Å²) < 4.78 is 23.4. The van der Waals surface area contributed by atoms with Gasteiger partial charge in [-0.25, -0.2) is 13.6 Å². The molecule has 28 heavy (non-hydrogen) atoms. The number of hydrogen-bond acceptors (Lipinski definition) is 4. The van der Waals surface area contributed by atoms with Gasteiger partial charge in [0.2, 0.25) is 10.0 Å². The van der Waals surface area contributed by atoms with E-state index in [9.17, 15) is 13.2 Å². The topological polar surface area (TPSA) is 89.3 Å². The predicted molar refractivity (Wildman–Crippen MR) is 115 cm³/mol. The molecule has 0 radical (unpaired) electrons. The van der Waals surface area contributed by atoms with Crippen molar-refractivity contribution in [3.63, 3.8) is 0 Å². The van der Waals surface area contributed by atoms with Crippen molar-refractivity contribution in [1.29, 1.82) is 0 Å². The lowest BCUT2D eigenvalue weighted by Crippen LogP contribution is -2.26. The highest BCUT2D eigenvalue weighted by molar-refractivity contribution is 7.89. The van der Waals surface area contributed by atoms with E-state index in [-0.39, 0.29) is 16.2 Å². The van der Waals surface area contributed by atoms with Crippen LogP contribution in [0.1, 0.15) is 58.4 Å². The Balaban J connectivity index is 1.86. The minimum atomic E-state index is -3.84. The zero-order valence-corrected chi connectivity index (χ0v) is 18.7. The SMILES string of the molecule is Cc1cc(S(N)(=O)=O)cc(NC(=O)c2cc3c(s2)CC[C@@H](C(C)(C)C)C3)c1C. The zero-order valence-electron chi connectivity index (χ0n) is 17.0. The van der Waals surface area contributed by atoms with Gasteiger partial charge in [-0.3, -0.25) is 4.79 Å². The lowest BCUT2D eigenvalue weighted by molar-refractivity contribution is 0.103. The first kappa shape index (κ1) is 21.0. The summed E-state index contributed by atoms with van der Waals surface area (Å²) >= 11 is 1.54. The molecule has 1 aliphatic carbocycles. The first-order chi connectivity index (χ1) is 12.9. The van der Waals surface area contributed by atoms with Crippen LogP contribution in [-0.4, -0.2) is 14.3 Å². The number of aryl methyl sites for hydroxylation is 2. The maximum Gasteiger partial charge on any atom is 0.265 e. The second-order valence-electron chi connectivity index (χ2n) is 8.78. The van der Waals surface area contributed by atoms with E-state index in [1.807, 2.05) is 13.0 Å². The van der Waals surface area contributed by atoms with E-state index in [2.05, 4.69) is 26.1 Å². The molecule has 1 amide bonds. The van der Waals surface area contributed by atoms with Crippen molar-refractivity contribution in [3.8, 4) is 0 Å². The van der Waals surface area contributed by atoms with Gasteiger partial charge in [0.15, 0.2) is 0 Å². The highest BCUT2D eigenvalue weighted by Crippen LogP contribution is 2.40. The number of nitrogens with two attached hydrogens (primary N) is 1.